The highest BCUT2D eigenvalue weighted by atomic mass is 32.3. The summed E-state index contributed by atoms with van der Waals surface area (Å²) in [7, 11) is 0.316. The number of benzene rings is 3. The summed E-state index contributed by atoms with van der Waals surface area (Å²) in [6.45, 7) is 7.23. The Balaban J connectivity index is 0.000000557. The molecule has 0 N–H and O–H groups in total. The highest BCUT2D eigenvalue weighted by Crippen LogP contribution is 2.40. The Morgan fingerprint density at radius 1 is 1.10 bits per heavy atom. The van der Waals surface area contributed by atoms with E-state index < -0.39 is 15.8 Å². The summed E-state index contributed by atoms with van der Waals surface area (Å²) in [6, 6.07) is 20.0. The third-order valence-corrected chi connectivity index (χ3v) is 7.64. The van der Waals surface area contributed by atoms with Crippen LogP contribution in [-0.4, -0.2) is 60.2 Å². The molecule has 0 saturated heterocycles. The summed E-state index contributed by atoms with van der Waals surface area (Å²) >= 11 is 0. The van der Waals surface area contributed by atoms with Crippen LogP contribution >= 0.6 is 0 Å². The number of hydrogen-bond donors (Lipinski definition) is 0. The Hall–Kier alpha value is -4.13. The molecule has 210 valence electrons. The van der Waals surface area contributed by atoms with Crippen molar-refractivity contribution in [2.45, 2.75) is 32.7 Å². The van der Waals surface area contributed by atoms with E-state index in [1.54, 1.807) is 12.1 Å². The van der Waals surface area contributed by atoms with Crippen molar-refractivity contribution in [3.8, 4) is 0 Å². The second-order valence-corrected chi connectivity index (χ2v) is 11.0. The minimum absolute atomic E-state index is 0.107. The number of nitrogens with zero attached hydrogens (tertiary/aromatic N) is 5. The number of nitro groups is 1. The van der Waals surface area contributed by atoms with E-state index in [2.05, 4.69) is 76.6 Å². The van der Waals surface area contributed by atoms with Crippen LogP contribution in [0.15, 0.2) is 65.8 Å². The topological polar surface area (TPSA) is 133 Å². The van der Waals surface area contributed by atoms with Crippen LogP contribution in [0.5, 0.6) is 0 Å². The molecule has 0 unspecified atom stereocenters. The van der Waals surface area contributed by atoms with Gasteiger partial charge in [-0.15, -0.1) is 0 Å². The van der Waals surface area contributed by atoms with E-state index in [1.807, 2.05) is 31.4 Å². The molecule has 0 amide bonds. The van der Waals surface area contributed by atoms with E-state index >= 15 is 0 Å². The first kappa shape index (κ1) is 28.9. The monoisotopic (exact) mass is 565 g/mol. The van der Waals surface area contributed by atoms with E-state index in [4.69, 9.17) is 5.10 Å². The SMILES string of the molecule is CCn1c2ccccc2c2cc(N(C)N=CC3=[N+](C)c4ccc([N+](=O)[O-])cc4C3(C)C)ccc21.COS(=O)(=O)[O-]. The summed E-state index contributed by atoms with van der Waals surface area (Å²) < 4.78 is 35.4. The fourth-order valence-electron chi connectivity index (χ4n) is 5.16. The van der Waals surface area contributed by atoms with Crippen molar-refractivity contribution in [2.24, 2.45) is 5.10 Å². The number of anilines is 1. The van der Waals surface area contributed by atoms with Crippen molar-refractivity contribution in [1.82, 2.24) is 4.57 Å². The second kappa shape index (κ2) is 10.8. The Bertz CT molecular complexity index is 1790. The zero-order valence-corrected chi connectivity index (χ0v) is 24.0. The molecule has 3 aromatic carbocycles. The molecule has 1 aromatic heterocycles. The van der Waals surface area contributed by atoms with Crippen LogP contribution in [0, 0.1) is 10.1 Å². The minimum Gasteiger partial charge on any atom is -0.726 e. The first-order valence-electron chi connectivity index (χ1n) is 12.5. The van der Waals surface area contributed by atoms with Gasteiger partial charge in [0.05, 0.1) is 23.1 Å². The van der Waals surface area contributed by atoms with E-state index in [9.17, 15) is 23.1 Å². The molecule has 0 bridgehead atoms. The molecule has 0 radical (unpaired) electrons. The van der Waals surface area contributed by atoms with E-state index in [1.165, 1.54) is 21.8 Å². The largest absolute Gasteiger partial charge is 0.726 e. The number of non-ortho nitro benzene ring substituents is 1. The van der Waals surface area contributed by atoms with Gasteiger partial charge in [0, 0.05) is 59.2 Å². The Kier molecular flexibility index (Phi) is 7.79. The van der Waals surface area contributed by atoms with Gasteiger partial charge in [-0.1, -0.05) is 18.2 Å². The average Bonchev–Trinajstić information content (AvgIpc) is 3.34. The lowest BCUT2D eigenvalue weighted by atomic mass is 9.82. The lowest BCUT2D eigenvalue weighted by molar-refractivity contribution is -0.401. The third kappa shape index (κ3) is 5.33. The molecular weight excluding hydrogens is 534 g/mol. The summed E-state index contributed by atoms with van der Waals surface area (Å²) in [5, 5.41) is 20.4. The van der Waals surface area contributed by atoms with Gasteiger partial charge in [0.15, 0.2) is 0 Å². The van der Waals surface area contributed by atoms with Gasteiger partial charge < -0.3 is 9.12 Å². The van der Waals surface area contributed by atoms with Crippen molar-refractivity contribution in [3.05, 3.63) is 76.3 Å². The fourth-order valence-corrected chi connectivity index (χ4v) is 5.16. The number of rotatable bonds is 6. The molecule has 2 heterocycles. The zero-order valence-electron chi connectivity index (χ0n) is 23.2. The quantitative estimate of drug-likeness (QED) is 0.0807. The normalized spacial score (nSPS) is 14.5. The molecule has 1 aliphatic rings. The molecule has 0 fully saturated rings. The van der Waals surface area contributed by atoms with Crippen molar-refractivity contribution in [2.75, 3.05) is 26.2 Å². The molecule has 0 saturated carbocycles. The van der Waals surface area contributed by atoms with Crippen molar-refractivity contribution in [3.63, 3.8) is 0 Å². The van der Waals surface area contributed by atoms with Gasteiger partial charge >= 0.3 is 0 Å². The summed E-state index contributed by atoms with van der Waals surface area (Å²) in [5.41, 5.74) is 6.03. The van der Waals surface area contributed by atoms with Crippen molar-refractivity contribution < 1.29 is 26.7 Å². The fraction of sp³-hybridized carbons (Fsp3) is 0.286. The maximum atomic E-state index is 11.3. The number of aromatic nitrogens is 1. The van der Waals surface area contributed by atoms with Gasteiger partial charge in [-0.25, -0.2) is 8.42 Å². The predicted molar refractivity (Wildman–Crippen MR) is 156 cm³/mol. The van der Waals surface area contributed by atoms with Gasteiger partial charge in [-0.2, -0.15) is 9.68 Å². The predicted octanol–water partition coefficient (Wildman–Crippen LogP) is 4.94. The second-order valence-electron chi connectivity index (χ2n) is 9.83. The van der Waals surface area contributed by atoms with Crippen LogP contribution in [0.1, 0.15) is 26.3 Å². The Labute approximate surface area is 232 Å². The lowest BCUT2D eigenvalue weighted by Gasteiger charge is -2.17. The summed E-state index contributed by atoms with van der Waals surface area (Å²) in [4.78, 5) is 10.9. The van der Waals surface area contributed by atoms with Crippen LogP contribution in [0.4, 0.5) is 17.1 Å². The van der Waals surface area contributed by atoms with Crippen LogP contribution in [0.2, 0.25) is 0 Å². The summed E-state index contributed by atoms with van der Waals surface area (Å²) in [5.74, 6) is 0. The zero-order chi connectivity index (χ0) is 29.4. The van der Waals surface area contributed by atoms with Gasteiger partial charge in [-0.3, -0.25) is 19.3 Å². The average molecular weight is 566 g/mol. The first-order chi connectivity index (χ1) is 18.8. The lowest BCUT2D eigenvalue weighted by Crippen LogP contribution is -2.30. The van der Waals surface area contributed by atoms with E-state index in [0.717, 1.165) is 36.3 Å². The molecular formula is C28H31N5O6S. The van der Waals surface area contributed by atoms with Gasteiger partial charge in [-0.05, 0) is 45.0 Å². The molecule has 0 spiro atoms. The number of aryl methyl sites for hydroxylation is 1. The van der Waals surface area contributed by atoms with Gasteiger partial charge in [0.1, 0.15) is 13.3 Å². The molecule has 1 aliphatic heterocycles. The van der Waals surface area contributed by atoms with Crippen LogP contribution in [0.25, 0.3) is 21.8 Å². The van der Waals surface area contributed by atoms with E-state index in [-0.39, 0.29) is 10.6 Å². The Morgan fingerprint density at radius 2 is 1.75 bits per heavy atom. The number of hydrogen-bond acceptors (Lipinski definition) is 8. The van der Waals surface area contributed by atoms with E-state index in [0.29, 0.717) is 0 Å². The molecule has 4 aromatic rings. The molecule has 0 aliphatic carbocycles. The number of nitro benzene ring substituents is 1. The molecule has 0 atom stereocenters. The molecule has 12 heteroatoms. The number of hydrazone groups is 1. The maximum Gasteiger partial charge on any atom is 0.270 e. The highest BCUT2D eigenvalue weighted by molar-refractivity contribution is 7.80. The smallest absolute Gasteiger partial charge is 0.270 e. The van der Waals surface area contributed by atoms with Crippen LogP contribution in [-0.2, 0) is 26.5 Å². The van der Waals surface area contributed by atoms with Crippen LogP contribution < -0.4 is 5.01 Å². The summed E-state index contributed by atoms with van der Waals surface area (Å²) in [6.07, 6.45) is 1.87. The molecule has 5 rings (SSSR count). The number of fused-ring (bicyclic) bond motifs is 4. The van der Waals surface area contributed by atoms with Crippen molar-refractivity contribution >= 4 is 61.2 Å². The maximum absolute atomic E-state index is 11.3. The van der Waals surface area contributed by atoms with Gasteiger partial charge in [0.2, 0.25) is 21.8 Å². The third-order valence-electron chi connectivity index (χ3n) is 7.23. The number of para-hydroxylation sites is 1. The minimum atomic E-state index is -4.41. The van der Waals surface area contributed by atoms with Crippen molar-refractivity contribution in [1.29, 1.82) is 0 Å². The van der Waals surface area contributed by atoms with Gasteiger partial charge in [0.25, 0.3) is 5.69 Å². The Morgan fingerprint density at radius 3 is 2.38 bits per heavy atom. The van der Waals surface area contributed by atoms with Crippen LogP contribution in [0.3, 0.4) is 0 Å². The molecule has 11 nitrogen and oxygen atoms in total. The highest BCUT2D eigenvalue weighted by Gasteiger charge is 2.44. The molecule has 40 heavy (non-hydrogen) atoms. The first-order valence-corrected chi connectivity index (χ1v) is 13.8. The standard InChI is InChI=1S/C27H28N5O2.CH4O4S/c1-6-31-23-10-8-7-9-20(23)21-15-18(11-13-24(21)31)30(5)28-17-26-27(2,3)22-16-19(32(33)34)12-14-25(22)29(26)4;1-5-6(2,3)4/h7-17H,6H2,1-5H3;1H3,(H,2,3,4)/q+1;/p-1.